The molecule has 0 saturated heterocycles. The van der Waals surface area contributed by atoms with Gasteiger partial charge in [0.25, 0.3) is 0 Å². The molecule has 1 aromatic carbocycles. The number of ether oxygens (including phenoxy) is 1. The van der Waals surface area contributed by atoms with E-state index >= 15 is 0 Å². The fourth-order valence-corrected chi connectivity index (χ4v) is 3.03. The Kier molecular flexibility index (Phi) is 8.72. The number of carbonyl (C=O) groups excluding carboxylic acids is 2. The quantitative estimate of drug-likeness (QED) is 0.669. The van der Waals surface area contributed by atoms with Crippen molar-refractivity contribution in [2.75, 3.05) is 23.8 Å². The van der Waals surface area contributed by atoms with Crippen molar-refractivity contribution in [1.82, 2.24) is 0 Å². The van der Waals surface area contributed by atoms with Crippen LogP contribution in [-0.2, 0) is 9.53 Å². The standard InChI is InChI=1S/C18H27N3O3.ClH/c1-3-20-15-9-8-13(18(23)24-4-2)11-16(15)21-17(22)12-6-5-7-14(19)10-12;/h8-9,11-12,14,20H,3-7,10,19H2,1-2H3,(H,21,22);1H. The Morgan fingerprint density at radius 2 is 2.00 bits per heavy atom. The Bertz CT molecular complexity index is 595. The summed E-state index contributed by atoms with van der Waals surface area (Å²) in [6.45, 7) is 4.77. The highest BCUT2D eigenvalue weighted by Crippen LogP contribution is 2.28. The average Bonchev–Trinajstić information content (AvgIpc) is 2.56. The number of esters is 1. The predicted octanol–water partition coefficient (Wildman–Crippen LogP) is 3.17. The lowest BCUT2D eigenvalue weighted by Gasteiger charge is -2.26. The van der Waals surface area contributed by atoms with E-state index in [-0.39, 0.29) is 30.3 Å². The van der Waals surface area contributed by atoms with Gasteiger partial charge in [-0.3, -0.25) is 4.79 Å². The number of amides is 1. The van der Waals surface area contributed by atoms with Gasteiger partial charge in [0.2, 0.25) is 5.91 Å². The molecule has 1 amide bonds. The fraction of sp³-hybridized carbons (Fsp3) is 0.556. The van der Waals surface area contributed by atoms with E-state index in [1.807, 2.05) is 6.92 Å². The van der Waals surface area contributed by atoms with E-state index in [2.05, 4.69) is 10.6 Å². The van der Waals surface area contributed by atoms with Gasteiger partial charge in [0.15, 0.2) is 0 Å². The second-order valence-corrected chi connectivity index (χ2v) is 6.12. The highest BCUT2D eigenvalue weighted by atomic mass is 35.5. The van der Waals surface area contributed by atoms with E-state index in [1.54, 1.807) is 25.1 Å². The molecule has 6 nitrogen and oxygen atoms in total. The topological polar surface area (TPSA) is 93.5 Å². The maximum Gasteiger partial charge on any atom is 0.338 e. The minimum Gasteiger partial charge on any atom is -0.462 e. The molecule has 1 saturated carbocycles. The van der Waals surface area contributed by atoms with Gasteiger partial charge in [-0.1, -0.05) is 6.42 Å². The van der Waals surface area contributed by atoms with Crippen LogP contribution in [0.25, 0.3) is 0 Å². The van der Waals surface area contributed by atoms with E-state index < -0.39 is 5.97 Å². The molecule has 1 aliphatic rings. The van der Waals surface area contributed by atoms with E-state index in [0.29, 0.717) is 24.3 Å². The van der Waals surface area contributed by atoms with E-state index in [0.717, 1.165) is 31.5 Å². The zero-order chi connectivity index (χ0) is 17.5. The lowest BCUT2D eigenvalue weighted by molar-refractivity contribution is -0.120. The van der Waals surface area contributed by atoms with Crippen molar-refractivity contribution in [3.8, 4) is 0 Å². The number of rotatable bonds is 6. The zero-order valence-electron chi connectivity index (χ0n) is 14.8. The second-order valence-electron chi connectivity index (χ2n) is 6.12. The van der Waals surface area contributed by atoms with Crippen molar-refractivity contribution in [2.24, 2.45) is 11.7 Å². The van der Waals surface area contributed by atoms with Gasteiger partial charge in [-0.25, -0.2) is 4.79 Å². The molecule has 7 heteroatoms. The van der Waals surface area contributed by atoms with Gasteiger partial charge in [-0.15, -0.1) is 12.4 Å². The average molecular weight is 370 g/mol. The van der Waals surface area contributed by atoms with Gasteiger partial charge in [-0.2, -0.15) is 0 Å². The maximum absolute atomic E-state index is 12.6. The first-order valence-corrected chi connectivity index (χ1v) is 8.66. The normalized spacial score (nSPS) is 19.5. The van der Waals surface area contributed by atoms with Crippen LogP contribution in [-0.4, -0.2) is 31.1 Å². The lowest BCUT2D eigenvalue weighted by atomic mass is 9.85. The molecule has 2 unspecified atom stereocenters. The van der Waals surface area contributed by atoms with E-state index in [9.17, 15) is 9.59 Å². The van der Waals surface area contributed by atoms with Gasteiger partial charge >= 0.3 is 5.97 Å². The third-order valence-corrected chi connectivity index (χ3v) is 4.24. The fourth-order valence-electron chi connectivity index (χ4n) is 3.03. The smallest absolute Gasteiger partial charge is 0.338 e. The lowest BCUT2D eigenvalue weighted by Crippen LogP contribution is -2.34. The Balaban J connectivity index is 0.00000312. The Morgan fingerprint density at radius 1 is 1.24 bits per heavy atom. The number of benzene rings is 1. The largest absolute Gasteiger partial charge is 0.462 e. The summed E-state index contributed by atoms with van der Waals surface area (Å²) >= 11 is 0. The highest BCUT2D eigenvalue weighted by Gasteiger charge is 2.26. The van der Waals surface area contributed by atoms with Crippen LogP contribution in [0.15, 0.2) is 18.2 Å². The van der Waals surface area contributed by atoms with Crippen molar-refractivity contribution >= 4 is 35.7 Å². The maximum atomic E-state index is 12.6. The SMILES string of the molecule is CCNc1ccc(C(=O)OCC)cc1NC(=O)C1CCCC(N)C1.Cl. The summed E-state index contributed by atoms with van der Waals surface area (Å²) in [5.41, 5.74) is 7.80. The van der Waals surface area contributed by atoms with Crippen LogP contribution in [0.5, 0.6) is 0 Å². The summed E-state index contributed by atoms with van der Waals surface area (Å²) in [6.07, 6.45) is 3.51. The summed E-state index contributed by atoms with van der Waals surface area (Å²) in [5.74, 6) is -0.504. The zero-order valence-corrected chi connectivity index (χ0v) is 15.7. The van der Waals surface area contributed by atoms with Crippen LogP contribution in [0, 0.1) is 5.92 Å². The van der Waals surface area contributed by atoms with E-state index in [1.165, 1.54) is 0 Å². The van der Waals surface area contributed by atoms with Gasteiger partial charge in [0.05, 0.1) is 23.5 Å². The van der Waals surface area contributed by atoms with Crippen LogP contribution in [0.4, 0.5) is 11.4 Å². The summed E-state index contributed by atoms with van der Waals surface area (Å²) < 4.78 is 5.03. The number of hydrogen-bond acceptors (Lipinski definition) is 5. The Labute approximate surface area is 155 Å². The molecule has 4 N–H and O–H groups in total. The van der Waals surface area contributed by atoms with Gasteiger partial charge in [0.1, 0.15) is 0 Å². The molecule has 2 rings (SSSR count). The summed E-state index contributed by atoms with van der Waals surface area (Å²) in [5, 5.41) is 6.16. The molecule has 25 heavy (non-hydrogen) atoms. The third kappa shape index (κ3) is 5.90. The van der Waals surface area contributed by atoms with Crippen molar-refractivity contribution in [3.63, 3.8) is 0 Å². The molecular weight excluding hydrogens is 342 g/mol. The summed E-state index contributed by atoms with van der Waals surface area (Å²) in [7, 11) is 0. The minimum absolute atomic E-state index is 0. The number of hydrogen-bond donors (Lipinski definition) is 3. The molecule has 0 bridgehead atoms. The number of halogens is 1. The Hall–Kier alpha value is -1.79. The molecule has 1 aromatic rings. The third-order valence-electron chi connectivity index (χ3n) is 4.24. The number of carbonyl (C=O) groups is 2. The molecule has 0 spiro atoms. The predicted molar refractivity (Wildman–Crippen MR) is 102 cm³/mol. The molecular formula is C18H28ClN3O3. The first kappa shape index (κ1) is 21.3. The van der Waals surface area contributed by atoms with Gasteiger partial charge < -0.3 is 21.1 Å². The summed E-state index contributed by atoms with van der Waals surface area (Å²) in [4.78, 5) is 24.5. The van der Waals surface area contributed by atoms with Gasteiger partial charge in [0, 0.05) is 18.5 Å². The molecule has 2 atom stereocenters. The van der Waals surface area contributed by atoms with Crippen molar-refractivity contribution in [2.45, 2.75) is 45.6 Å². The van der Waals surface area contributed by atoms with Crippen LogP contribution >= 0.6 is 12.4 Å². The van der Waals surface area contributed by atoms with Crippen molar-refractivity contribution in [1.29, 1.82) is 0 Å². The molecule has 0 aliphatic heterocycles. The molecule has 1 fully saturated rings. The monoisotopic (exact) mass is 369 g/mol. The molecule has 0 heterocycles. The number of nitrogens with one attached hydrogen (secondary N) is 2. The van der Waals surface area contributed by atoms with Crippen LogP contribution in [0.3, 0.4) is 0 Å². The van der Waals surface area contributed by atoms with E-state index in [4.69, 9.17) is 10.5 Å². The van der Waals surface area contributed by atoms with Crippen LogP contribution < -0.4 is 16.4 Å². The Morgan fingerprint density at radius 3 is 2.64 bits per heavy atom. The number of anilines is 2. The van der Waals surface area contributed by atoms with Crippen molar-refractivity contribution in [3.05, 3.63) is 23.8 Å². The molecule has 140 valence electrons. The molecule has 1 aliphatic carbocycles. The van der Waals surface area contributed by atoms with Crippen LogP contribution in [0.2, 0.25) is 0 Å². The first-order chi connectivity index (χ1) is 11.5. The van der Waals surface area contributed by atoms with Gasteiger partial charge in [-0.05, 0) is 51.3 Å². The molecule has 0 radical (unpaired) electrons. The first-order valence-electron chi connectivity index (χ1n) is 8.66. The van der Waals surface area contributed by atoms with Crippen LogP contribution in [0.1, 0.15) is 49.9 Å². The summed E-state index contributed by atoms with van der Waals surface area (Å²) in [6, 6.07) is 5.24. The highest BCUT2D eigenvalue weighted by molar-refractivity contribution is 5.98. The second kappa shape index (κ2) is 10.3. The minimum atomic E-state index is -0.393. The number of nitrogens with two attached hydrogens (primary N) is 1. The molecule has 0 aromatic heterocycles. The van der Waals surface area contributed by atoms with Crippen molar-refractivity contribution < 1.29 is 14.3 Å².